The van der Waals surface area contributed by atoms with E-state index in [2.05, 4.69) is 6.58 Å². The van der Waals surface area contributed by atoms with Gasteiger partial charge in [0.2, 0.25) is 0 Å². The maximum atomic E-state index is 11.2. The zero-order valence-electron chi connectivity index (χ0n) is 7.21. The molecule has 0 bridgehead atoms. The maximum Gasteiger partial charge on any atom is 0.343 e. The molecular formula is C10H9ClO2. The van der Waals surface area contributed by atoms with E-state index in [1.807, 2.05) is 0 Å². The average molecular weight is 197 g/mol. The first-order valence-corrected chi connectivity index (χ1v) is 4.10. The van der Waals surface area contributed by atoms with Gasteiger partial charge in [0, 0.05) is 5.02 Å². The van der Waals surface area contributed by atoms with Crippen molar-refractivity contribution in [3.8, 4) is 0 Å². The Hall–Kier alpha value is -1.28. The Morgan fingerprint density at radius 3 is 2.38 bits per heavy atom. The molecule has 0 aliphatic rings. The number of allylic oxidation sites excluding steroid dienone is 1. The van der Waals surface area contributed by atoms with E-state index in [9.17, 15) is 4.79 Å². The van der Waals surface area contributed by atoms with E-state index in [1.165, 1.54) is 0 Å². The van der Waals surface area contributed by atoms with Crippen LogP contribution in [0.4, 0.5) is 0 Å². The van der Waals surface area contributed by atoms with Crippen LogP contribution in [0, 0.1) is 0 Å². The van der Waals surface area contributed by atoms with Gasteiger partial charge in [-0.3, -0.25) is 0 Å². The van der Waals surface area contributed by atoms with E-state index in [-0.39, 0.29) is 0 Å². The summed E-state index contributed by atoms with van der Waals surface area (Å²) in [6, 6.07) is 6.48. The topological polar surface area (TPSA) is 26.3 Å². The van der Waals surface area contributed by atoms with Crippen LogP contribution >= 0.6 is 11.6 Å². The van der Waals surface area contributed by atoms with E-state index in [1.54, 1.807) is 31.2 Å². The summed E-state index contributed by atoms with van der Waals surface area (Å²) in [6.45, 7) is 5.09. The highest BCUT2D eigenvalue weighted by Crippen LogP contribution is 2.11. The molecule has 0 saturated carbocycles. The predicted octanol–water partition coefficient (Wildman–Crippen LogP) is 3.03. The molecule has 0 fully saturated rings. The van der Waals surface area contributed by atoms with Crippen LogP contribution in [0.1, 0.15) is 17.3 Å². The number of benzene rings is 1. The average Bonchev–Trinajstić information content (AvgIpc) is 2.04. The molecule has 0 N–H and O–H groups in total. The van der Waals surface area contributed by atoms with Crippen molar-refractivity contribution < 1.29 is 9.53 Å². The van der Waals surface area contributed by atoms with Gasteiger partial charge in [-0.1, -0.05) is 18.2 Å². The van der Waals surface area contributed by atoms with Gasteiger partial charge in [0.25, 0.3) is 0 Å². The summed E-state index contributed by atoms with van der Waals surface area (Å²) in [5, 5.41) is 0.590. The summed E-state index contributed by atoms with van der Waals surface area (Å²) in [6.07, 6.45) is 0. The predicted molar refractivity (Wildman–Crippen MR) is 51.7 cm³/mol. The zero-order chi connectivity index (χ0) is 9.84. The van der Waals surface area contributed by atoms with Crippen LogP contribution < -0.4 is 0 Å². The normalized spacial score (nSPS) is 9.38. The highest BCUT2D eigenvalue weighted by atomic mass is 35.5. The van der Waals surface area contributed by atoms with Crippen LogP contribution in [0.25, 0.3) is 0 Å². The van der Waals surface area contributed by atoms with Crippen molar-refractivity contribution in [3.63, 3.8) is 0 Å². The third kappa shape index (κ3) is 2.92. The molecule has 0 spiro atoms. The molecule has 2 nitrogen and oxygen atoms in total. The number of hydrogen-bond acceptors (Lipinski definition) is 2. The quantitative estimate of drug-likeness (QED) is 0.537. The fourth-order valence-corrected chi connectivity index (χ4v) is 0.929. The van der Waals surface area contributed by atoms with Crippen LogP contribution in [0.15, 0.2) is 36.6 Å². The Morgan fingerprint density at radius 2 is 1.92 bits per heavy atom. The van der Waals surface area contributed by atoms with Crippen molar-refractivity contribution in [1.29, 1.82) is 0 Å². The van der Waals surface area contributed by atoms with Crippen LogP contribution in [-0.2, 0) is 4.74 Å². The van der Waals surface area contributed by atoms with Crippen LogP contribution in [0.2, 0.25) is 5.02 Å². The number of rotatable bonds is 2. The van der Waals surface area contributed by atoms with E-state index >= 15 is 0 Å². The fourth-order valence-electron chi connectivity index (χ4n) is 0.803. The van der Waals surface area contributed by atoms with Gasteiger partial charge in [0.1, 0.15) is 0 Å². The minimum Gasteiger partial charge on any atom is -0.428 e. The van der Waals surface area contributed by atoms with Gasteiger partial charge in [-0.15, -0.1) is 0 Å². The molecule has 0 saturated heterocycles. The van der Waals surface area contributed by atoms with Crippen molar-refractivity contribution in [2.75, 3.05) is 0 Å². The Morgan fingerprint density at radius 1 is 1.38 bits per heavy atom. The number of esters is 1. The molecule has 0 aliphatic carbocycles. The van der Waals surface area contributed by atoms with Gasteiger partial charge < -0.3 is 4.74 Å². The van der Waals surface area contributed by atoms with Crippen LogP contribution in [0.5, 0.6) is 0 Å². The van der Waals surface area contributed by atoms with Crippen molar-refractivity contribution >= 4 is 17.6 Å². The Balaban J connectivity index is 2.78. The second-order valence-electron chi connectivity index (χ2n) is 2.60. The maximum absolute atomic E-state index is 11.2. The minimum absolute atomic E-state index is 0.375. The van der Waals surface area contributed by atoms with Gasteiger partial charge in [-0.05, 0) is 31.2 Å². The lowest BCUT2D eigenvalue weighted by atomic mass is 10.2. The molecule has 3 heteroatoms. The number of carbonyl (C=O) groups is 1. The monoisotopic (exact) mass is 196 g/mol. The first kappa shape index (κ1) is 9.81. The summed E-state index contributed by atoms with van der Waals surface area (Å²) in [4.78, 5) is 11.2. The van der Waals surface area contributed by atoms with Crippen LogP contribution in [-0.4, -0.2) is 5.97 Å². The number of ether oxygens (including phenoxy) is 1. The third-order valence-electron chi connectivity index (χ3n) is 1.35. The minimum atomic E-state index is -0.413. The molecule has 0 unspecified atom stereocenters. The summed E-state index contributed by atoms with van der Waals surface area (Å²) in [5.74, 6) is -0.0379. The molecule has 0 radical (unpaired) electrons. The van der Waals surface area contributed by atoms with Gasteiger partial charge in [0.05, 0.1) is 11.3 Å². The fraction of sp³-hybridized carbons (Fsp3) is 0.100. The van der Waals surface area contributed by atoms with Crippen LogP contribution in [0.3, 0.4) is 0 Å². The summed E-state index contributed by atoms with van der Waals surface area (Å²) in [7, 11) is 0. The Bertz CT molecular complexity index is 327. The molecule has 0 heterocycles. The molecule has 0 atom stereocenters. The van der Waals surface area contributed by atoms with Gasteiger partial charge in [-0.25, -0.2) is 4.79 Å². The summed E-state index contributed by atoms with van der Waals surface area (Å²) >= 11 is 5.65. The Labute approximate surface area is 81.8 Å². The van der Waals surface area contributed by atoms with Gasteiger partial charge in [0.15, 0.2) is 0 Å². The van der Waals surface area contributed by atoms with E-state index in [0.29, 0.717) is 16.3 Å². The van der Waals surface area contributed by atoms with E-state index in [0.717, 1.165) is 0 Å². The van der Waals surface area contributed by atoms with Crippen molar-refractivity contribution in [2.24, 2.45) is 0 Å². The Kier molecular flexibility index (Phi) is 3.09. The van der Waals surface area contributed by atoms with E-state index < -0.39 is 5.97 Å². The first-order chi connectivity index (χ1) is 6.09. The third-order valence-corrected chi connectivity index (χ3v) is 1.60. The first-order valence-electron chi connectivity index (χ1n) is 3.73. The highest BCUT2D eigenvalue weighted by molar-refractivity contribution is 6.30. The SMILES string of the molecule is C=C(C)OC(=O)c1ccc(Cl)cc1. The molecule has 0 aromatic heterocycles. The largest absolute Gasteiger partial charge is 0.428 e. The molecule has 0 amide bonds. The van der Waals surface area contributed by atoms with Crippen molar-refractivity contribution in [2.45, 2.75) is 6.92 Å². The second-order valence-corrected chi connectivity index (χ2v) is 3.03. The lowest BCUT2D eigenvalue weighted by Gasteiger charge is -2.02. The molecule has 68 valence electrons. The standard InChI is InChI=1S/C10H9ClO2/c1-7(2)13-10(12)8-3-5-9(11)6-4-8/h3-6H,1H2,2H3. The molecular weight excluding hydrogens is 188 g/mol. The molecule has 0 aliphatic heterocycles. The molecule has 1 rings (SSSR count). The van der Waals surface area contributed by atoms with Gasteiger partial charge >= 0.3 is 5.97 Å². The van der Waals surface area contributed by atoms with Gasteiger partial charge in [-0.2, -0.15) is 0 Å². The second kappa shape index (κ2) is 4.10. The van der Waals surface area contributed by atoms with E-state index in [4.69, 9.17) is 16.3 Å². The highest BCUT2D eigenvalue weighted by Gasteiger charge is 2.06. The lowest BCUT2D eigenvalue weighted by molar-refractivity contribution is 0.0628. The summed E-state index contributed by atoms with van der Waals surface area (Å²) in [5.41, 5.74) is 0.465. The zero-order valence-corrected chi connectivity index (χ0v) is 7.97. The van der Waals surface area contributed by atoms with Crippen molar-refractivity contribution in [1.82, 2.24) is 0 Å². The summed E-state index contributed by atoms with van der Waals surface area (Å²) < 4.78 is 4.80. The molecule has 1 aromatic carbocycles. The lowest BCUT2D eigenvalue weighted by Crippen LogP contribution is -2.02. The van der Waals surface area contributed by atoms with Crippen molar-refractivity contribution in [3.05, 3.63) is 47.2 Å². The number of halogens is 1. The number of hydrogen-bond donors (Lipinski definition) is 0. The molecule has 13 heavy (non-hydrogen) atoms. The number of carbonyl (C=O) groups excluding carboxylic acids is 1. The molecule has 1 aromatic rings. The smallest absolute Gasteiger partial charge is 0.343 e.